The number of aryl methyl sites for hydroxylation is 3. The lowest BCUT2D eigenvalue weighted by Crippen LogP contribution is -2.32. The fraction of sp³-hybridized carbons (Fsp3) is 0.467. The Hall–Kier alpha value is -2.58. The molecule has 1 heterocycles. The Balaban J connectivity index is 1.34. The first-order chi connectivity index (χ1) is 18.2. The average Bonchev–Trinajstić information content (AvgIpc) is 2.87. The number of hydrogen-bond donors (Lipinski definition) is 0. The summed E-state index contributed by atoms with van der Waals surface area (Å²) in [6.45, 7) is 3.61. The molecular weight excluding hydrogens is 506 g/mol. The maximum atomic E-state index is 15.2. The summed E-state index contributed by atoms with van der Waals surface area (Å²) in [7, 11) is 0. The van der Waals surface area contributed by atoms with Crippen LogP contribution in [0.3, 0.4) is 0 Å². The van der Waals surface area contributed by atoms with Gasteiger partial charge in [0.05, 0.1) is 13.2 Å². The van der Waals surface area contributed by atoms with E-state index in [1.807, 2.05) is 12.1 Å². The molecule has 1 aliphatic heterocycles. The van der Waals surface area contributed by atoms with Crippen molar-refractivity contribution in [1.82, 2.24) is 0 Å². The Bertz CT molecular complexity index is 1210. The first-order valence-electron chi connectivity index (χ1n) is 13.1. The zero-order valence-electron chi connectivity index (χ0n) is 21.4. The van der Waals surface area contributed by atoms with E-state index in [9.17, 15) is 22.0 Å². The third-order valence-electron chi connectivity index (χ3n) is 7.09. The molecule has 0 saturated carbocycles. The van der Waals surface area contributed by atoms with Gasteiger partial charge in [0, 0.05) is 17.7 Å². The number of halogens is 6. The molecule has 0 amide bonds. The summed E-state index contributed by atoms with van der Waals surface area (Å²) in [6.07, 6.45) is 0.871. The highest BCUT2D eigenvalue weighted by Gasteiger charge is 2.37. The molecule has 2 nitrogen and oxygen atoms in total. The van der Waals surface area contributed by atoms with Crippen LogP contribution in [0, 0.1) is 23.4 Å². The van der Waals surface area contributed by atoms with Gasteiger partial charge in [-0.15, -0.1) is 0 Å². The van der Waals surface area contributed by atoms with Gasteiger partial charge in [0.2, 0.25) is 0 Å². The van der Waals surface area contributed by atoms with Crippen molar-refractivity contribution in [1.29, 1.82) is 0 Å². The topological polar surface area (TPSA) is 18.5 Å². The molecule has 4 rings (SSSR count). The standard InChI is InChI=1S/C30H32F6O2/c1-2-3-4-5-21-17-37-27(38-18-21)13-8-19-7-12-24-23(14-19)11-10-22(29(24)33)9-6-20-15-25(31)28(26(32)16-20)30(34,35)36/h7,10-12,14-16,21,27H,2-6,8-9,13,17-18H2,1H3. The van der Waals surface area contributed by atoms with Crippen molar-refractivity contribution in [3.05, 3.63) is 82.2 Å². The molecule has 0 spiro atoms. The van der Waals surface area contributed by atoms with Gasteiger partial charge in [-0.1, -0.05) is 56.5 Å². The van der Waals surface area contributed by atoms with Crippen molar-refractivity contribution in [3.8, 4) is 0 Å². The minimum absolute atomic E-state index is 0.00661. The number of unbranched alkanes of at least 4 members (excludes halogenated alkanes) is 2. The van der Waals surface area contributed by atoms with E-state index in [2.05, 4.69) is 6.92 Å². The van der Waals surface area contributed by atoms with Gasteiger partial charge in [0.1, 0.15) is 23.0 Å². The van der Waals surface area contributed by atoms with Crippen molar-refractivity contribution in [2.75, 3.05) is 13.2 Å². The zero-order valence-corrected chi connectivity index (χ0v) is 21.4. The van der Waals surface area contributed by atoms with E-state index in [0.717, 1.165) is 23.8 Å². The molecule has 0 aromatic heterocycles. The molecule has 1 aliphatic rings. The summed E-state index contributed by atoms with van der Waals surface area (Å²) in [4.78, 5) is 0. The quantitative estimate of drug-likeness (QED) is 0.190. The number of rotatable bonds is 10. The predicted molar refractivity (Wildman–Crippen MR) is 134 cm³/mol. The van der Waals surface area contributed by atoms with Crippen molar-refractivity contribution in [2.24, 2.45) is 5.92 Å². The molecule has 3 aromatic carbocycles. The minimum atomic E-state index is -5.12. The molecule has 8 heteroatoms. The van der Waals surface area contributed by atoms with Crippen LogP contribution < -0.4 is 0 Å². The summed E-state index contributed by atoms with van der Waals surface area (Å²) in [5.74, 6) is -3.34. The molecule has 0 N–H and O–H groups in total. The van der Waals surface area contributed by atoms with Crippen molar-refractivity contribution >= 4 is 10.8 Å². The summed E-state index contributed by atoms with van der Waals surface area (Å²) in [5, 5.41) is 1.13. The average molecular weight is 539 g/mol. The van der Waals surface area contributed by atoms with E-state index in [-0.39, 0.29) is 24.7 Å². The molecule has 0 unspecified atom stereocenters. The summed E-state index contributed by atoms with van der Waals surface area (Å²) in [5.41, 5.74) is -0.537. The second-order valence-corrected chi connectivity index (χ2v) is 10.0. The highest BCUT2D eigenvalue weighted by Crippen LogP contribution is 2.34. The Morgan fingerprint density at radius 1 is 0.789 bits per heavy atom. The van der Waals surface area contributed by atoms with Crippen LogP contribution in [0.4, 0.5) is 26.3 Å². The number of fused-ring (bicyclic) bond motifs is 1. The van der Waals surface area contributed by atoms with E-state index in [1.165, 1.54) is 19.3 Å². The maximum Gasteiger partial charge on any atom is 0.422 e. The molecule has 0 atom stereocenters. The highest BCUT2D eigenvalue weighted by atomic mass is 19.4. The van der Waals surface area contributed by atoms with Crippen LogP contribution in [-0.4, -0.2) is 19.5 Å². The fourth-order valence-electron chi connectivity index (χ4n) is 4.94. The van der Waals surface area contributed by atoms with Gasteiger partial charge in [-0.25, -0.2) is 13.2 Å². The van der Waals surface area contributed by atoms with Crippen LogP contribution in [0.2, 0.25) is 0 Å². The van der Waals surface area contributed by atoms with Crippen molar-refractivity contribution < 1.29 is 35.8 Å². The molecule has 0 aliphatic carbocycles. The zero-order chi connectivity index (χ0) is 27.3. The number of benzene rings is 3. The summed E-state index contributed by atoms with van der Waals surface area (Å²) in [6, 6.07) is 10.2. The molecular formula is C30H32F6O2. The molecule has 1 fully saturated rings. The monoisotopic (exact) mass is 538 g/mol. The molecule has 0 bridgehead atoms. The number of ether oxygens (including phenoxy) is 2. The van der Waals surface area contributed by atoms with Crippen molar-refractivity contribution in [2.45, 2.75) is 70.8 Å². The van der Waals surface area contributed by atoms with Crippen LogP contribution in [0.1, 0.15) is 61.3 Å². The SMILES string of the molecule is CCCCCC1COC(CCc2ccc3c(F)c(CCc4cc(F)c(C(F)(F)F)c(F)c4)ccc3c2)OC1. The van der Waals surface area contributed by atoms with Gasteiger partial charge in [-0.3, -0.25) is 0 Å². The van der Waals surface area contributed by atoms with Crippen LogP contribution >= 0.6 is 0 Å². The van der Waals surface area contributed by atoms with E-state index in [1.54, 1.807) is 18.2 Å². The van der Waals surface area contributed by atoms with Gasteiger partial charge in [0.25, 0.3) is 0 Å². The van der Waals surface area contributed by atoms with Crippen LogP contribution in [0.25, 0.3) is 10.8 Å². The Labute approximate surface area is 218 Å². The molecule has 0 radical (unpaired) electrons. The van der Waals surface area contributed by atoms with E-state index < -0.39 is 29.2 Å². The second kappa shape index (κ2) is 12.5. The van der Waals surface area contributed by atoms with Gasteiger partial charge < -0.3 is 9.47 Å². The van der Waals surface area contributed by atoms with Gasteiger partial charge in [-0.2, -0.15) is 13.2 Å². The minimum Gasteiger partial charge on any atom is -0.352 e. The molecule has 1 saturated heterocycles. The first kappa shape index (κ1) is 28.4. The molecule has 3 aromatic rings. The van der Waals surface area contributed by atoms with E-state index >= 15 is 4.39 Å². The molecule has 206 valence electrons. The predicted octanol–water partition coefficient (Wildman–Crippen LogP) is 8.56. The van der Waals surface area contributed by atoms with Crippen LogP contribution in [0.15, 0.2) is 42.5 Å². The first-order valence-corrected chi connectivity index (χ1v) is 13.1. The van der Waals surface area contributed by atoms with Gasteiger partial charge >= 0.3 is 6.18 Å². The summed E-state index contributed by atoms with van der Waals surface area (Å²) >= 11 is 0. The van der Waals surface area contributed by atoms with Crippen molar-refractivity contribution in [3.63, 3.8) is 0 Å². The third kappa shape index (κ3) is 7.08. The lowest BCUT2D eigenvalue weighted by Gasteiger charge is -2.29. The second-order valence-electron chi connectivity index (χ2n) is 10.0. The Morgan fingerprint density at radius 2 is 1.50 bits per heavy atom. The number of alkyl halides is 3. The number of hydrogen-bond acceptors (Lipinski definition) is 2. The van der Waals surface area contributed by atoms with Crippen LogP contribution in [0.5, 0.6) is 0 Å². The van der Waals surface area contributed by atoms with Crippen LogP contribution in [-0.2, 0) is 34.9 Å². The smallest absolute Gasteiger partial charge is 0.352 e. The third-order valence-corrected chi connectivity index (χ3v) is 7.09. The Kier molecular flexibility index (Phi) is 9.36. The maximum absolute atomic E-state index is 15.2. The van der Waals surface area contributed by atoms with Gasteiger partial charge in [0.15, 0.2) is 6.29 Å². The summed E-state index contributed by atoms with van der Waals surface area (Å²) < 4.78 is 93.0. The van der Waals surface area contributed by atoms with Gasteiger partial charge in [-0.05, 0) is 59.9 Å². The molecule has 38 heavy (non-hydrogen) atoms. The Morgan fingerprint density at radius 3 is 2.16 bits per heavy atom. The van der Waals surface area contributed by atoms with E-state index in [4.69, 9.17) is 9.47 Å². The largest absolute Gasteiger partial charge is 0.422 e. The van der Waals surface area contributed by atoms with E-state index in [0.29, 0.717) is 48.6 Å². The highest BCUT2D eigenvalue weighted by molar-refractivity contribution is 5.84. The normalized spacial score (nSPS) is 18.3. The lowest BCUT2D eigenvalue weighted by molar-refractivity contribution is -0.203. The lowest BCUT2D eigenvalue weighted by atomic mass is 9.97. The fourth-order valence-corrected chi connectivity index (χ4v) is 4.94.